The first kappa shape index (κ1) is 15.5. The van der Waals surface area contributed by atoms with Crippen LogP contribution in [-0.4, -0.2) is 18.4 Å². The summed E-state index contributed by atoms with van der Waals surface area (Å²) in [5.74, 6) is -0.769. The van der Waals surface area contributed by atoms with Crippen LogP contribution in [0.4, 0.5) is 4.39 Å². The van der Waals surface area contributed by atoms with Crippen molar-refractivity contribution in [2.45, 2.75) is 11.4 Å². The van der Waals surface area contributed by atoms with Gasteiger partial charge < -0.3 is 5.73 Å². The standard InChI is InChI=1S/C13H12FN3O2S2/c14-10-2-1-3-11(12(10)13(15)20)21(18,19)17-8-9-4-6-16-7-5-9/h1-7,17H,8H2,(H2,15,20). The zero-order valence-electron chi connectivity index (χ0n) is 10.8. The molecule has 0 saturated carbocycles. The first-order valence-electron chi connectivity index (χ1n) is 5.88. The number of thiocarbonyl (C=S) groups is 1. The van der Waals surface area contributed by atoms with Gasteiger partial charge in [0, 0.05) is 18.9 Å². The lowest BCUT2D eigenvalue weighted by Gasteiger charge is -2.11. The van der Waals surface area contributed by atoms with Gasteiger partial charge in [-0.15, -0.1) is 0 Å². The van der Waals surface area contributed by atoms with Crippen LogP contribution in [0.15, 0.2) is 47.6 Å². The van der Waals surface area contributed by atoms with Crippen molar-refractivity contribution in [2.75, 3.05) is 0 Å². The van der Waals surface area contributed by atoms with Crippen molar-refractivity contribution in [3.05, 3.63) is 59.7 Å². The lowest BCUT2D eigenvalue weighted by Crippen LogP contribution is -2.27. The van der Waals surface area contributed by atoms with Gasteiger partial charge in [-0.25, -0.2) is 17.5 Å². The Balaban J connectivity index is 2.32. The zero-order chi connectivity index (χ0) is 15.5. The highest BCUT2D eigenvalue weighted by molar-refractivity contribution is 7.89. The van der Waals surface area contributed by atoms with Crippen LogP contribution in [0.5, 0.6) is 0 Å². The Bertz CT molecular complexity index is 764. The minimum absolute atomic E-state index is 0.0537. The lowest BCUT2D eigenvalue weighted by atomic mass is 10.2. The Morgan fingerprint density at radius 3 is 2.57 bits per heavy atom. The maximum Gasteiger partial charge on any atom is 0.241 e. The summed E-state index contributed by atoms with van der Waals surface area (Å²) in [5, 5.41) is 0. The molecule has 0 fully saturated rings. The van der Waals surface area contributed by atoms with E-state index >= 15 is 0 Å². The predicted octanol–water partition coefficient (Wildman–Crippen LogP) is 1.33. The van der Waals surface area contributed by atoms with E-state index in [1.165, 1.54) is 12.1 Å². The van der Waals surface area contributed by atoms with Crippen molar-refractivity contribution in [3.63, 3.8) is 0 Å². The molecule has 0 radical (unpaired) electrons. The Kier molecular flexibility index (Phi) is 4.61. The van der Waals surface area contributed by atoms with Gasteiger partial charge in [0.1, 0.15) is 10.8 Å². The molecular formula is C13H12FN3O2S2. The molecule has 0 aliphatic carbocycles. The molecule has 2 rings (SSSR count). The maximum absolute atomic E-state index is 13.7. The molecule has 0 bridgehead atoms. The summed E-state index contributed by atoms with van der Waals surface area (Å²) in [6.07, 6.45) is 3.10. The summed E-state index contributed by atoms with van der Waals surface area (Å²) < 4.78 is 40.7. The van der Waals surface area contributed by atoms with Crippen LogP contribution in [-0.2, 0) is 16.6 Å². The third kappa shape index (κ3) is 3.60. The van der Waals surface area contributed by atoms with E-state index in [1.54, 1.807) is 24.5 Å². The molecule has 8 heteroatoms. The van der Waals surface area contributed by atoms with Crippen molar-refractivity contribution < 1.29 is 12.8 Å². The molecule has 1 aromatic carbocycles. The highest BCUT2D eigenvalue weighted by atomic mass is 32.2. The van der Waals surface area contributed by atoms with Crippen molar-refractivity contribution in [2.24, 2.45) is 5.73 Å². The number of hydrogen-bond donors (Lipinski definition) is 2. The fraction of sp³-hybridized carbons (Fsp3) is 0.0769. The minimum atomic E-state index is -3.93. The van der Waals surface area contributed by atoms with Crippen molar-refractivity contribution >= 4 is 27.2 Å². The molecule has 1 aromatic heterocycles. The Hall–Kier alpha value is -1.90. The average Bonchev–Trinajstić information content (AvgIpc) is 2.46. The van der Waals surface area contributed by atoms with Crippen molar-refractivity contribution in [3.8, 4) is 0 Å². The van der Waals surface area contributed by atoms with Gasteiger partial charge in [0.2, 0.25) is 10.0 Å². The van der Waals surface area contributed by atoms with Gasteiger partial charge in [0.25, 0.3) is 0 Å². The average molecular weight is 325 g/mol. The first-order valence-corrected chi connectivity index (χ1v) is 7.78. The summed E-state index contributed by atoms with van der Waals surface area (Å²) >= 11 is 4.72. The fourth-order valence-corrected chi connectivity index (χ4v) is 3.24. The second-order valence-electron chi connectivity index (χ2n) is 4.16. The molecule has 0 amide bonds. The molecule has 0 aliphatic heterocycles. The SMILES string of the molecule is NC(=S)c1c(F)cccc1S(=O)(=O)NCc1ccncc1. The largest absolute Gasteiger partial charge is 0.389 e. The van der Waals surface area contributed by atoms with E-state index in [9.17, 15) is 12.8 Å². The van der Waals surface area contributed by atoms with E-state index in [0.717, 1.165) is 11.6 Å². The van der Waals surface area contributed by atoms with Crippen LogP contribution >= 0.6 is 12.2 Å². The van der Waals surface area contributed by atoms with Gasteiger partial charge in [-0.3, -0.25) is 4.98 Å². The molecule has 0 spiro atoms. The second-order valence-corrected chi connectivity index (χ2v) is 6.33. The number of halogens is 1. The lowest BCUT2D eigenvalue weighted by molar-refractivity contribution is 0.576. The Morgan fingerprint density at radius 1 is 1.29 bits per heavy atom. The van der Waals surface area contributed by atoms with Crippen molar-refractivity contribution in [1.29, 1.82) is 0 Å². The van der Waals surface area contributed by atoms with Gasteiger partial charge in [-0.2, -0.15) is 0 Å². The Labute approximate surface area is 127 Å². The van der Waals surface area contributed by atoms with E-state index in [-0.39, 0.29) is 22.0 Å². The van der Waals surface area contributed by atoms with Gasteiger partial charge in [-0.05, 0) is 29.8 Å². The summed E-state index contributed by atoms with van der Waals surface area (Å²) in [7, 11) is -3.93. The number of nitrogens with two attached hydrogens (primary N) is 1. The molecule has 0 unspecified atom stereocenters. The molecule has 1 heterocycles. The molecule has 110 valence electrons. The highest BCUT2D eigenvalue weighted by Gasteiger charge is 2.22. The predicted molar refractivity (Wildman–Crippen MR) is 80.5 cm³/mol. The van der Waals surface area contributed by atoms with Crippen LogP contribution in [0.1, 0.15) is 11.1 Å². The first-order chi connectivity index (χ1) is 9.92. The second kappa shape index (κ2) is 6.25. The minimum Gasteiger partial charge on any atom is -0.389 e. The number of aromatic nitrogens is 1. The number of sulfonamides is 1. The maximum atomic E-state index is 13.7. The van der Waals surface area contributed by atoms with Crippen molar-refractivity contribution in [1.82, 2.24) is 9.71 Å². The van der Waals surface area contributed by atoms with Gasteiger partial charge in [0.05, 0.1) is 10.5 Å². The normalized spacial score (nSPS) is 11.3. The summed E-state index contributed by atoms with van der Waals surface area (Å²) in [6, 6.07) is 6.99. The summed E-state index contributed by atoms with van der Waals surface area (Å²) in [4.78, 5) is 3.25. The molecular weight excluding hydrogens is 313 g/mol. The third-order valence-corrected chi connectivity index (χ3v) is 4.37. The quantitative estimate of drug-likeness (QED) is 0.810. The molecule has 0 saturated heterocycles. The highest BCUT2D eigenvalue weighted by Crippen LogP contribution is 2.19. The molecule has 0 atom stereocenters. The van der Waals surface area contributed by atoms with E-state index in [1.807, 2.05) is 0 Å². The molecule has 2 aromatic rings. The van der Waals surface area contributed by atoms with E-state index in [2.05, 4.69) is 9.71 Å². The van der Waals surface area contributed by atoms with Crippen LogP contribution < -0.4 is 10.5 Å². The van der Waals surface area contributed by atoms with Crippen LogP contribution in [0.25, 0.3) is 0 Å². The number of rotatable bonds is 5. The molecule has 5 nitrogen and oxygen atoms in total. The number of nitrogens with one attached hydrogen (secondary N) is 1. The van der Waals surface area contributed by atoms with Crippen LogP contribution in [0.2, 0.25) is 0 Å². The summed E-state index contributed by atoms with van der Waals surface area (Å²) in [5.41, 5.74) is 5.85. The number of nitrogens with zero attached hydrogens (tertiary/aromatic N) is 1. The van der Waals surface area contributed by atoms with E-state index < -0.39 is 15.8 Å². The monoisotopic (exact) mass is 325 g/mol. The van der Waals surface area contributed by atoms with Gasteiger partial charge in [0.15, 0.2) is 0 Å². The number of pyridine rings is 1. The van der Waals surface area contributed by atoms with E-state index in [0.29, 0.717) is 0 Å². The topological polar surface area (TPSA) is 85.1 Å². The zero-order valence-corrected chi connectivity index (χ0v) is 12.4. The smallest absolute Gasteiger partial charge is 0.241 e. The molecule has 0 aliphatic rings. The Morgan fingerprint density at radius 2 is 1.95 bits per heavy atom. The van der Waals surface area contributed by atoms with E-state index in [4.69, 9.17) is 18.0 Å². The number of hydrogen-bond acceptors (Lipinski definition) is 4. The van der Waals surface area contributed by atoms with Gasteiger partial charge >= 0.3 is 0 Å². The third-order valence-electron chi connectivity index (χ3n) is 2.73. The number of benzene rings is 1. The summed E-state index contributed by atoms with van der Waals surface area (Å²) in [6.45, 7) is 0.0537. The molecule has 3 N–H and O–H groups in total. The van der Waals surface area contributed by atoms with Gasteiger partial charge in [-0.1, -0.05) is 18.3 Å². The van der Waals surface area contributed by atoms with Crippen LogP contribution in [0.3, 0.4) is 0 Å². The fourth-order valence-electron chi connectivity index (χ4n) is 1.72. The molecule has 21 heavy (non-hydrogen) atoms. The van der Waals surface area contributed by atoms with Crippen LogP contribution in [0, 0.1) is 5.82 Å².